The van der Waals surface area contributed by atoms with Crippen LogP contribution in [0.4, 0.5) is 0 Å². The molecule has 3 aromatic carbocycles. The van der Waals surface area contributed by atoms with Crippen LogP contribution in [0, 0.1) is 5.92 Å². The molecule has 9 heteroatoms. The molecule has 3 aromatic rings. The number of nitrogens with two attached hydrogens (primary N) is 3. The Kier molecular flexibility index (Phi) is 12.1. The number of unbranched alkanes of at least 4 members (excludes halogenated alkanes) is 1. The monoisotopic (exact) mass is 624 g/mol. The second kappa shape index (κ2) is 15.8. The zero-order valence-electron chi connectivity index (χ0n) is 25.4. The second-order valence-corrected chi connectivity index (χ2v) is 13.1. The number of piperazine rings is 1. The molecule has 0 bridgehead atoms. The zero-order valence-corrected chi connectivity index (χ0v) is 26.9. The van der Waals surface area contributed by atoms with Crippen molar-refractivity contribution in [3.8, 4) is 0 Å². The lowest BCUT2D eigenvalue weighted by atomic mass is 9.93. The number of carbonyl (C=O) groups excluding carboxylic acids is 1. The van der Waals surface area contributed by atoms with E-state index >= 15 is 0 Å². The van der Waals surface area contributed by atoms with Crippen LogP contribution in [0.15, 0.2) is 65.7 Å². The van der Waals surface area contributed by atoms with Crippen LogP contribution in [-0.4, -0.2) is 66.0 Å². The highest BCUT2D eigenvalue weighted by atomic mass is 35.5. The molecular weight excluding hydrogens is 579 g/mol. The van der Waals surface area contributed by atoms with Crippen LogP contribution in [0.1, 0.15) is 50.7 Å². The Morgan fingerprint density at radius 3 is 2.47 bits per heavy atom. The second-order valence-electron chi connectivity index (χ2n) is 12.3. The minimum atomic E-state index is -0.109. The molecule has 1 saturated heterocycles. The summed E-state index contributed by atoms with van der Waals surface area (Å²) >= 11 is 12.6. The molecule has 0 aromatic heterocycles. The van der Waals surface area contributed by atoms with E-state index in [0.29, 0.717) is 41.9 Å². The Labute approximate surface area is 266 Å². The third kappa shape index (κ3) is 9.83. The summed E-state index contributed by atoms with van der Waals surface area (Å²) in [6.07, 6.45) is 4.76. The van der Waals surface area contributed by atoms with Crippen molar-refractivity contribution in [2.75, 3.05) is 26.2 Å². The van der Waals surface area contributed by atoms with Crippen LogP contribution in [0.25, 0.3) is 10.8 Å². The third-order valence-corrected chi connectivity index (χ3v) is 8.84. The van der Waals surface area contributed by atoms with Gasteiger partial charge < -0.3 is 22.1 Å². The first-order chi connectivity index (χ1) is 20.6. The quantitative estimate of drug-likeness (QED) is 0.129. The number of hydrogen-bond acceptors (Lipinski definition) is 4. The van der Waals surface area contributed by atoms with Crippen LogP contribution in [-0.2, 0) is 17.6 Å². The summed E-state index contributed by atoms with van der Waals surface area (Å²) in [7, 11) is 0. The van der Waals surface area contributed by atoms with Crippen molar-refractivity contribution < 1.29 is 4.79 Å². The van der Waals surface area contributed by atoms with Gasteiger partial charge in [-0.05, 0) is 72.1 Å². The fourth-order valence-corrected chi connectivity index (χ4v) is 6.70. The largest absolute Gasteiger partial charge is 0.370 e. The Hall–Kier alpha value is -2.84. The molecule has 232 valence electrons. The molecule has 1 fully saturated rings. The van der Waals surface area contributed by atoms with Crippen LogP contribution in [0.2, 0.25) is 10.0 Å². The van der Waals surface area contributed by atoms with Crippen molar-refractivity contribution >= 4 is 45.8 Å². The molecule has 7 nitrogen and oxygen atoms in total. The van der Waals surface area contributed by atoms with E-state index in [9.17, 15) is 4.79 Å². The molecule has 1 heterocycles. The number of halogens is 2. The van der Waals surface area contributed by atoms with Gasteiger partial charge in [0.25, 0.3) is 0 Å². The van der Waals surface area contributed by atoms with Gasteiger partial charge in [-0.15, -0.1) is 0 Å². The van der Waals surface area contributed by atoms with Gasteiger partial charge in [-0.1, -0.05) is 85.6 Å². The fourth-order valence-electron chi connectivity index (χ4n) is 6.22. The van der Waals surface area contributed by atoms with Gasteiger partial charge in [-0.2, -0.15) is 0 Å². The number of benzene rings is 3. The average molecular weight is 626 g/mol. The van der Waals surface area contributed by atoms with Crippen molar-refractivity contribution in [1.29, 1.82) is 0 Å². The Balaban J connectivity index is 1.51. The maximum absolute atomic E-state index is 13.9. The number of nitrogens with zero attached hydrogens (tertiary/aromatic N) is 3. The smallest absolute Gasteiger partial charge is 0.227 e. The number of fused-ring (bicyclic) bond motifs is 1. The predicted molar refractivity (Wildman–Crippen MR) is 181 cm³/mol. The summed E-state index contributed by atoms with van der Waals surface area (Å²) in [5, 5.41) is 3.59. The van der Waals surface area contributed by atoms with Crippen molar-refractivity contribution in [3.05, 3.63) is 81.8 Å². The van der Waals surface area contributed by atoms with E-state index in [1.165, 1.54) is 5.39 Å². The number of amides is 1. The Morgan fingerprint density at radius 1 is 0.977 bits per heavy atom. The highest BCUT2D eigenvalue weighted by molar-refractivity contribution is 6.35. The normalized spacial score (nSPS) is 18.2. The van der Waals surface area contributed by atoms with E-state index in [4.69, 9.17) is 40.4 Å². The summed E-state index contributed by atoms with van der Waals surface area (Å²) < 4.78 is 0. The predicted octanol–water partition coefficient (Wildman–Crippen LogP) is 5.63. The van der Waals surface area contributed by atoms with E-state index in [1.54, 1.807) is 6.07 Å². The molecular formula is C34H46Cl2N6O. The molecule has 43 heavy (non-hydrogen) atoms. The van der Waals surface area contributed by atoms with Crippen molar-refractivity contribution in [2.24, 2.45) is 28.1 Å². The molecule has 6 N–H and O–H groups in total. The summed E-state index contributed by atoms with van der Waals surface area (Å²) in [6.45, 7) is 7.24. The summed E-state index contributed by atoms with van der Waals surface area (Å²) in [5.74, 6) is 0.761. The Morgan fingerprint density at radius 2 is 1.74 bits per heavy atom. The molecule has 0 spiro atoms. The molecule has 0 aliphatic carbocycles. The molecule has 1 aliphatic rings. The van der Waals surface area contributed by atoms with E-state index < -0.39 is 0 Å². The first-order valence-corrected chi connectivity index (χ1v) is 16.1. The van der Waals surface area contributed by atoms with Crippen molar-refractivity contribution in [1.82, 2.24) is 9.80 Å². The molecule has 1 aliphatic heterocycles. The maximum atomic E-state index is 13.9. The van der Waals surface area contributed by atoms with Gasteiger partial charge in [0.2, 0.25) is 5.91 Å². The van der Waals surface area contributed by atoms with Gasteiger partial charge in [-0.25, -0.2) is 0 Å². The maximum Gasteiger partial charge on any atom is 0.227 e. The van der Waals surface area contributed by atoms with Crippen LogP contribution < -0.4 is 17.2 Å². The van der Waals surface area contributed by atoms with E-state index in [2.05, 4.69) is 59.0 Å². The number of rotatable bonds is 13. The summed E-state index contributed by atoms with van der Waals surface area (Å²) in [5.41, 5.74) is 19.8. The van der Waals surface area contributed by atoms with Gasteiger partial charge in [-0.3, -0.25) is 14.7 Å². The molecule has 0 unspecified atom stereocenters. The number of aliphatic imine (C=N–C) groups is 1. The minimum absolute atomic E-state index is 0.109. The lowest BCUT2D eigenvalue weighted by Crippen LogP contribution is -2.62. The zero-order chi connectivity index (χ0) is 30.9. The van der Waals surface area contributed by atoms with Gasteiger partial charge in [0.15, 0.2) is 5.96 Å². The topological polar surface area (TPSA) is 114 Å². The summed E-state index contributed by atoms with van der Waals surface area (Å²) in [4.78, 5) is 22.7. The molecule has 4 rings (SSSR count). The fraction of sp³-hybridized carbons (Fsp3) is 0.471. The van der Waals surface area contributed by atoms with E-state index in [0.717, 1.165) is 55.3 Å². The number of hydrogen-bond donors (Lipinski definition) is 3. The lowest BCUT2D eigenvalue weighted by Gasteiger charge is -2.48. The standard InChI is InChI=1S/C34H46Cl2N6O/c1-23(2)15-31-21-41(20-29(37)18-27-12-13-28(35)19-32(27)36)30(9-5-6-14-40-34(38)39)22-42(31)33(43)17-24-10-11-25-7-3-4-8-26(25)16-24/h3-4,7-8,10-13,16,19,23,29-31H,5-6,9,14-15,17-18,20-22,37H2,1-2H3,(H4,38,39,40)/t29-,30+,31-/m1/s1. The highest BCUT2D eigenvalue weighted by Crippen LogP contribution is 2.27. The van der Waals surface area contributed by atoms with Crippen molar-refractivity contribution in [2.45, 2.75) is 70.5 Å². The minimum Gasteiger partial charge on any atom is -0.370 e. The van der Waals surface area contributed by atoms with E-state index in [-0.39, 0.29) is 30.0 Å². The molecule has 0 saturated carbocycles. The Bertz CT molecular complexity index is 1390. The summed E-state index contributed by atoms with van der Waals surface area (Å²) in [6, 6.07) is 20.4. The lowest BCUT2D eigenvalue weighted by molar-refractivity contribution is -0.138. The van der Waals surface area contributed by atoms with Crippen LogP contribution >= 0.6 is 23.2 Å². The van der Waals surface area contributed by atoms with Crippen LogP contribution in [0.3, 0.4) is 0 Å². The number of carbonyl (C=O) groups is 1. The first kappa shape index (κ1) is 33.1. The highest BCUT2D eigenvalue weighted by Gasteiger charge is 2.36. The van der Waals surface area contributed by atoms with Crippen molar-refractivity contribution in [3.63, 3.8) is 0 Å². The van der Waals surface area contributed by atoms with Gasteiger partial charge in [0.05, 0.1) is 6.42 Å². The van der Waals surface area contributed by atoms with Crippen LogP contribution in [0.5, 0.6) is 0 Å². The van der Waals surface area contributed by atoms with Gasteiger partial charge >= 0.3 is 0 Å². The van der Waals surface area contributed by atoms with Gasteiger partial charge in [0.1, 0.15) is 0 Å². The van der Waals surface area contributed by atoms with Gasteiger partial charge in [0, 0.05) is 54.3 Å². The molecule has 3 atom stereocenters. The molecule has 1 amide bonds. The SMILES string of the molecule is CC(C)C[C@@H]1CN(C[C@H](N)Cc2ccc(Cl)cc2Cl)[C@@H](CCCCN=C(N)N)CN1C(=O)Cc1ccc2ccccc2c1. The van der Waals surface area contributed by atoms with E-state index in [1.807, 2.05) is 24.3 Å². The third-order valence-electron chi connectivity index (χ3n) is 8.25. The first-order valence-electron chi connectivity index (χ1n) is 15.3. The number of guanidine groups is 1. The average Bonchev–Trinajstić information content (AvgIpc) is 2.94. The molecule has 0 radical (unpaired) electrons.